The van der Waals surface area contributed by atoms with Crippen molar-refractivity contribution in [3.8, 4) is 0 Å². The SMILES string of the molecule is CC12OC1C=C(C(=O)O)c1ccccc12. The summed E-state index contributed by atoms with van der Waals surface area (Å²) < 4.78 is 5.53. The number of hydrogen-bond acceptors (Lipinski definition) is 2. The van der Waals surface area contributed by atoms with Crippen LogP contribution in [0.4, 0.5) is 0 Å². The van der Waals surface area contributed by atoms with Crippen LogP contribution in [0.3, 0.4) is 0 Å². The Kier molecular flexibility index (Phi) is 1.44. The molecule has 1 fully saturated rings. The summed E-state index contributed by atoms with van der Waals surface area (Å²) in [5.74, 6) is -0.889. The number of rotatable bonds is 1. The molecule has 0 radical (unpaired) electrons. The third-order valence-electron chi connectivity index (χ3n) is 3.16. The molecule has 1 aliphatic carbocycles. The average Bonchev–Trinajstić information content (AvgIpc) is 2.89. The average molecular weight is 202 g/mol. The number of benzene rings is 1. The molecule has 1 aromatic rings. The van der Waals surface area contributed by atoms with Gasteiger partial charge in [-0.25, -0.2) is 4.79 Å². The second-order valence-corrected chi connectivity index (χ2v) is 4.08. The number of carbonyl (C=O) groups is 1. The van der Waals surface area contributed by atoms with Gasteiger partial charge in [0.05, 0.1) is 5.57 Å². The lowest BCUT2D eigenvalue weighted by atomic mass is 9.84. The molecule has 0 saturated carbocycles. The van der Waals surface area contributed by atoms with E-state index >= 15 is 0 Å². The molecule has 15 heavy (non-hydrogen) atoms. The first kappa shape index (κ1) is 8.68. The molecule has 3 nitrogen and oxygen atoms in total. The minimum absolute atomic E-state index is 0.0708. The number of aliphatic carboxylic acids is 1. The maximum absolute atomic E-state index is 11.1. The highest BCUT2D eigenvalue weighted by molar-refractivity contribution is 6.16. The number of epoxide rings is 1. The summed E-state index contributed by atoms with van der Waals surface area (Å²) in [6.45, 7) is 1.99. The third kappa shape index (κ3) is 1.01. The van der Waals surface area contributed by atoms with Gasteiger partial charge in [0.25, 0.3) is 0 Å². The van der Waals surface area contributed by atoms with E-state index in [0.717, 1.165) is 11.1 Å². The predicted octanol–water partition coefficient (Wildman–Crippen LogP) is 1.78. The quantitative estimate of drug-likeness (QED) is 0.706. The molecule has 0 aromatic heterocycles. The molecule has 2 aliphatic rings. The minimum atomic E-state index is -0.889. The molecular weight excluding hydrogens is 192 g/mol. The first-order valence-corrected chi connectivity index (χ1v) is 4.86. The highest BCUT2D eigenvalue weighted by atomic mass is 16.6. The van der Waals surface area contributed by atoms with Gasteiger partial charge in [-0.15, -0.1) is 0 Å². The van der Waals surface area contributed by atoms with Crippen LogP contribution in [0.5, 0.6) is 0 Å². The third-order valence-corrected chi connectivity index (χ3v) is 3.16. The number of fused-ring (bicyclic) bond motifs is 3. The van der Waals surface area contributed by atoms with Crippen molar-refractivity contribution in [3.63, 3.8) is 0 Å². The molecule has 76 valence electrons. The summed E-state index contributed by atoms with van der Waals surface area (Å²) in [6.07, 6.45) is 1.63. The van der Waals surface area contributed by atoms with Gasteiger partial charge in [-0.1, -0.05) is 24.3 Å². The van der Waals surface area contributed by atoms with Crippen molar-refractivity contribution in [2.24, 2.45) is 0 Å². The fraction of sp³-hybridized carbons (Fsp3) is 0.250. The molecule has 1 aromatic carbocycles. The molecule has 1 saturated heterocycles. The standard InChI is InChI=1S/C12H10O3/c1-12-9-5-3-2-4-7(9)8(11(13)14)6-10(12)15-12/h2-6,10H,1H3,(H,13,14). The molecule has 0 amide bonds. The lowest BCUT2D eigenvalue weighted by Crippen LogP contribution is -2.17. The van der Waals surface area contributed by atoms with E-state index in [2.05, 4.69) is 0 Å². The van der Waals surface area contributed by atoms with Crippen molar-refractivity contribution < 1.29 is 14.6 Å². The molecule has 1 heterocycles. The Morgan fingerprint density at radius 2 is 2.20 bits per heavy atom. The van der Waals surface area contributed by atoms with Gasteiger partial charge in [-0.3, -0.25) is 0 Å². The molecule has 0 spiro atoms. The number of carboxylic acids is 1. The molecular formula is C12H10O3. The fourth-order valence-corrected chi connectivity index (χ4v) is 2.22. The molecule has 0 bridgehead atoms. The zero-order valence-corrected chi connectivity index (χ0v) is 8.23. The van der Waals surface area contributed by atoms with Crippen molar-refractivity contribution in [2.45, 2.75) is 18.6 Å². The molecule has 1 N–H and O–H groups in total. The van der Waals surface area contributed by atoms with Crippen LogP contribution in [0.15, 0.2) is 30.3 Å². The lowest BCUT2D eigenvalue weighted by molar-refractivity contribution is -0.130. The Hall–Kier alpha value is -1.61. The molecule has 2 unspecified atom stereocenters. The second-order valence-electron chi connectivity index (χ2n) is 4.08. The topological polar surface area (TPSA) is 49.8 Å². The van der Waals surface area contributed by atoms with Crippen LogP contribution < -0.4 is 0 Å². The Bertz CT molecular complexity index is 489. The number of hydrogen-bond donors (Lipinski definition) is 1. The van der Waals surface area contributed by atoms with Crippen LogP contribution in [0.25, 0.3) is 5.57 Å². The maximum Gasteiger partial charge on any atom is 0.336 e. The Labute approximate surface area is 87.0 Å². The highest BCUT2D eigenvalue weighted by Gasteiger charge is 2.56. The summed E-state index contributed by atoms with van der Waals surface area (Å²) in [5, 5.41) is 9.08. The van der Waals surface area contributed by atoms with Crippen molar-refractivity contribution in [2.75, 3.05) is 0 Å². The van der Waals surface area contributed by atoms with Gasteiger partial charge in [-0.05, 0) is 24.1 Å². The van der Waals surface area contributed by atoms with Crippen LogP contribution in [0.2, 0.25) is 0 Å². The maximum atomic E-state index is 11.1. The fourth-order valence-electron chi connectivity index (χ4n) is 2.22. The monoisotopic (exact) mass is 202 g/mol. The molecule has 2 atom stereocenters. The van der Waals surface area contributed by atoms with Gasteiger partial charge in [0, 0.05) is 0 Å². The van der Waals surface area contributed by atoms with E-state index in [1.165, 1.54) is 0 Å². The van der Waals surface area contributed by atoms with Gasteiger partial charge < -0.3 is 9.84 Å². The summed E-state index contributed by atoms with van der Waals surface area (Å²) in [5.41, 5.74) is 1.82. The summed E-state index contributed by atoms with van der Waals surface area (Å²) in [7, 11) is 0. The van der Waals surface area contributed by atoms with Gasteiger partial charge in [0.2, 0.25) is 0 Å². The van der Waals surface area contributed by atoms with E-state index in [1.54, 1.807) is 6.08 Å². The predicted molar refractivity (Wildman–Crippen MR) is 54.3 cm³/mol. The van der Waals surface area contributed by atoms with E-state index in [1.807, 2.05) is 31.2 Å². The summed E-state index contributed by atoms with van der Waals surface area (Å²) in [4.78, 5) is 11.1. The van der Waals surface area contributed by atoms with E-state index in [-0.39, 0.29) is 11.7 Å². The first-order valence-electron chi connectivity index (χ1n) is 4.86. The van der Waals surface area contributed by atoms with E-state index in [4.69, 9.17) is 9.84 Å². The Morgan fingerprint density at radius 3 is 2.93 bits per heavy atom. The largest absolute Gasteiger partial charge is 0.478 e. The van der Waals surface area contributed by atoms with E-state index in [0.29, 0.717) is 5.57 Å². The number of ether oxygens (including phenoxy) is 1. The Balaban J connectivity index is 2.25. The van der Waals surface area contributed by atoms with Crippen molar-refractivity contribution in [1.82, 2.24) is 0 Å². The van der Waals surface area contributed by atoms with Gasteiger partial charge in [-0.2, -0.15) is 0 Å². The van der Waals surface area contributed by atoms with E-state index < -0.39 is 5.97 Å². The Morgan fingerprint density at radius 1 is 1.47 bits per heavy atom. The first-order chi connectivity index (χ1) is 7.13. The van der Waals surface area contributed by atoms with Crippen LogP contribution >= 0.6 is 0 Å². The van der Waals surface area contributed by atoms with Gasteiger partial charge in [0.15, 0.2) is 0 Å². The molecule has 3 rings (SSSR count). The van der Waals surface area contributed by atoms with Crippen LogP contribution in [-0.2, 0) is 15.1 Å². The number of carboxylic acid groups (broad SMARTS) is 1. The normalized spacial score (nSPS) is 31.3. The van der Waals surface area contributed by atoms with Gasteiger partial charge in [0.1, 0.15) is 11.7 Å². The van der Waals surface area contributed by atoms with Crippen LogP contribution in [-0.4, -0.2) is 17.2 Å². The van der Waals surface area contributed by atoms with Crippen LogP contribution in [0, 0.1) is 0 Å². The molecule has 3 heteroatoms. The van der Waals surface area contributed by atoms with E-state index in [9.17, 15) is 4.79 Å². The van der Waals surface area contributed by atoms with Crippen molar-refractivity contribution in [1.29, 1.82) is 0 Å². The van der Waals surface area contributed by atoms with Crippen molar-refractivity contribution >= 4 is 11.5 Å². The summed E-state index contributed by atoms with van der Waals surface area (Å²) in [6, 6.07) is 7.53. The second kappa shape index (κ2) is 2.49. The zero-order chi connectivity index (χ0) is 10.6. The smallest absolute Gasteiger partial charge is 0.336 e. The lowest BCUT2D eigenvalue weighted by Gasteiger charge is -2.17. The van der Waals surface area contributed by atoms with Crippen molar-refractivity contribution in [3.05, 3.63) is 41.5 Å². The highest BCUT2D eigenvalue weighted by Crippen LogP contribution is 2.52. The molecule has 1 aliphatic heterocycles. The minimum Gasteiger partial charge on any atom is -0.478 e. The summed E-state index contributed by atoms with van der Waals surface area (Å²) >= 11 is 0. The zero-order valence-electron chi connectivity index (χ0n) is 8.23. The van der Waals surface area contributed by atoms with Gasteiger partial charge >= 0.3 is 5.97 Å². The van der Waals surface area contributed by atoms with Crippen LogP contribution in [0.1, 0.15) is 18.1 Å².